The first-order chi connectivity index (χ1) is 8.65. The number of nitrogens with one attached hydrogen (secondary N) is 1. The maximum absolute atomic E-state index is 11.6. The van der Waals surface area contributed by atoms with Crippen molar-refractivity contribution in [2.75, 3.05) is 0 Å². The number of rotatable bonds is 3. The summed E-state index contributed by atoms with van der Waals surface area (Å²) in [6.07, 6.45) is 1.61. The monoisotopic (exact) mass is 260 g/mol. The zero-order chi connectivity index (χ0) is 13.0. The highest BCUT2D eigenvalue weighted by Crippen LogP contribution is 2.12. The first-order valence-electron chi connectivity index (χ1n) is 5.34. The van der Waals surface area contributed by atoms with Gasteiger partial charge in [-0.2, -0.15) is 5.10 Å². The van der Waals surface area contributed by atoms with Gasteiger partial charge in [-0.1, -0.05) is 0 Å². The Hall–Kier alpha value is -2.14. The van der Waals surface area contributed by atoms with Crippen molar-refractivity contribution in [3.63, 3.8) is 0 Å². The number of aryl methyl sites for hydroxylation is 1. The van der Waals surface area contributed by atoms with Crippen LogP contribution in [0.15, 0.2) is 41.5 Å². The molecule has 2 N–H and O–H groups in total. The Bertz CT molecular complexity index is 573. The zero-order valence-corrected chi connectivity index (χ0v) is 10.6. The van der Waals surface area contributed by atoms with Crippen LogP contribution in [0.25, 0.3) is 0 Å². The second-order valence-electron chi connectivity index (χ2n) is 3.69. The number of nitrogens with zero attached hydrogens (tertiary/aromatic N) is 1. The molecule has 0 aliphatic carbocycles. The van der Waals surface area contributed by atoms with Gasteiger partial charge in [-0.25, -0.2) is 5.43 Å². The molecule has 2 aromatic rings. The van der Waals surface area contributed by atoms with Crippen LogP contribution < -0.4 is 5.43 Å². The minimum absolute atomic E-state index is 0.129. The molecule has 18 heavy (non-hydrogen) atoms. The molecule has 0 bridgehead atoms. The SMILES string of the molecule is Cc1ccc(/C=N/NC(=O)c2ccc(O)cc2)s1. The molecule has 1 aromatic heterocycles. The van der Waals surface area contributed by atoms with Crippen molar-refractivity contribution in [1.82, 2.24) is 5.43 Å². The number of hydrogen-bond donors (Lipinski definition) is 2. The van der Waals surface area contributed by atoms with Crippen LogP contribution in [-0.4, -0.2) is 17.2 Å². The number of benzene rings is 1. The fraction of sp³-hybridized carbons (Fsp3) is 0.0769. The predicted octanol–water partition coefficient (Wildman–Crippen LogP) is 2.53. The van der Waals surface area contributed by atoms with Gasteiger partial charge in [0.05, 0.1) is 6.21 Å². The van der Waals surface area contributed by atoms with E-state index < -0.39 is 0 Å². The summed E-state index contributed by atoms with van der Waals surface area (Å²) in [4.78, 5) is 13.8. The maximum Gasteiger partial charge on any atom is 0.271 e. The molecule has 0 spiro atoms. The van der Waals surface area contributed by atoms with Gasteiger partial charge in [0.2, 0.25) is 0 Å². The maximum atomic E-state index is 11.6. The van der Waals surface area contributed by atoms with Crippen LogP contribution >= 0.6 is 11.3 Å². The third kappa shape index (κ3) is 3.18. The third-order valence-corrected chi connectivity index (χ3v) is 3.18. The van der Waals surface area contributed by atoms with E-state index in [2.05, 4.69) is 10.5 Å². The lowest BCUT2D eigenvalue weighted by molar-refractivity contribution is 0.0955. The summed E-state index contributed by atoms with van der Waals surface area (Å²) in [7, 11) is 0. The Balaban J connectivity index is 1.96. The van der Waals surface area contributed by atoms with Gasteiger partial charge >= 0.3 is 0 Å². The molecule has 4 nitrogen and oxygen atoms in total. The van der Waals surface area contributed by atoms with E-state index in [1.807, 2.05) is 19.1 Å². The first-order valence-corrected chi connectivity index (χ1v) is 6.16. The average Bonchev–Trinajstić information content (AvgIpc) is 2.76. The lowest BCUT2D eigenvalue weighted by atomic mass is 10.2. The highest BCUT2D eigenvalue weighted by molar-refractivity contribution is 7.13. The van der Waals surface area contributed by atoms with Crippen molar-refractivity contribution in [2.24, 2.45) is 5.10 Å². The normalized spacial score (nSPS) is 10.7. The van der Waals surface area contributed by atoms with Gasteiger partial charge in [0, 0.05) is 15.3 Å². The van der Waals surface area contributed by atoms with Crippen molar-refractivity contribution >= 4 is 23.5 Å². The van der Waals surface area contributed by atoms with Crippen LogP contribution in [0.4, 0.5) is 0 Å². The Morgan fingerprint density at radius 3 is 2.61 bits per heavy atom. The zero-order valence-electron chi connectivity index (χ0n) is 9.75. The number of carbonyl (C=O) groups is 1. The van der Waals surface area contributed by atoms with E-state index in [-0.39, 0.29) is 11.7 Å². The number of phenols is 1. The van der Waals surface area contributed by atoms with Crippen LogP contribution in [0.5, 0.6) is 5.75 Å². The number of hydrogen-bond acceptors (Lipinski definition) is 4. The van der Waals surface area contributed by atoms with E-state index in [1.54, 1.807) is 17.6 Å². The molecule has 92 valence electrons. The van der Waals surface area contributed by atoms with E-state index in [9.17, 15) is 4.79 Å². The van der Waals surface area contributed by atoms with Gasteiger partial charge in [0.15, 0.2) is 0 Å². The van der Waals surface area contributed by atoms with E-state index >= 15 is 0 Å². The Kier molecular flexibility index (Phi) is 3.74. The first kappa shape index (κ1) is 12.3. The number of carbonyl (C=O) groups excluding carboxylic acids is 1. The molecule has 0 aliphatic rings. The predicted molar refractivity (Wildman–Crippen MR) is 72.2 cm³/mol. The fourth-order valence-corrected chi connectivity index (χ4v) is 2.10. The van der Waals surface area contributed by atoms with Crippen molar-refractivity contribution < 1.29 is 9.90 Å². The number of hydrazone groups is 1. The summed E-state index contributed by atoms with van der Waals surface area (Å²) in [5.74, 6) is -0.177. The number of aromatic hydroxyl groups is 1. The number of phenolic OH excluding ortho intramolecular Hbond substituents is 1. The molecular weight excluding hydrogens is 248 g/mol. The summed E-state index contributed by atoms with van der Waals surface area (Å²) in [5.41, 5.74) is 2.88. The van der Waals surface area contributed by atoms with E-state index in [0.29, 0.717) is 5.56 Å². The van der Waals surface area contributed by atoms with Gasteiger partial charge < -0.3 is 5.11 Å². The number of amides is 1. The van der Waals surface area contributed by atoms with Gasteiger partial charge in [0.25, 0.3) is 5.91 Å². The fourth-order valence-electron chi connectivity index (χ4n) is 1.35. The quantitative estimate of drug-likeness (QED) is 0.658. The standard InChI is InChI=1S/C13H12N2O2S/c1-9-2-7-12(18-9)8-14-15-13(17)10-3-5-11(16)6-4-10/h2-8,16H,1H3,(H,15,17)/b14-8+. The van der Waals surface area contributed by atoms with Gasteiger partial charge in [0.1, 0.15) is 5.75 Å². The van der Waals surface area contributed by atoms with Crippen molar-refractivity contribution in [1.29, 1.82) is 0 Å². The Labute approximate surface area is 109 Å². The molecule has 0 aliphatic heterocycles. The van der Waals surface area contributed by atoms with Gasteiger partial charge in [-0.15, -0.1) is 11.3 Å². The minimum atomic E-state index is -0.306. The molecule has 0 atom stereocenters. The summed E-state index contributed by atoms with van der Waals surface area (Å²) in [6.45, 7) is 2.01. The Morgan fingerprint density at radius 2 is 2.00 bits per heavy atom. The summed E-state index contributed by atoms with van der Waals surface area (Å²) < 4.78 is 0. The largest absolute Gasteiger partial charge is 0.508 e. The lowest BCUT2D eigenvalue weighted by Gasteiger charge is -1.99. The minimum Gasteiger partial charge on any atom is -0.508 e. The van der Waals surface area contributed by atoms with E-state index in [4.69, 9.17) is 5.11 Å². The third-order valence-electron chi connectivity index (χ3n) is 2.25. The van der Waals surface area contributed by atoms with Crippen LogP contribution in [0, 0.1) is 6.92 Å². The lowest BCUT2D eigenvalue weighted by Crippen LogP contribution is -2.17. The second kappa shape index (κ2) is 5.46. The second-order valence-corrected chi connectivity index (χ2v) is 5.01. The highest BCUT2D eigenvalue weighted by Gasteiger charge is 2.03. The molecule has 0 unspecified atom stereocenters. The number of thiophene rings is 1. The van der Waals surface area contributed by atoms with Crippen LogP contribution in [0.3, 0.4) is 0 Å². The molecule has 1 amide bonds. The van der Waals surface area contributed by atoms with Gasteiger partial charge in [-0.3, -0.25) is 4.79 Å². The van der Waals surface area contributed by atoms with Crippen molar-refractivity contribution in [2.45, 2.75) is 6.92 Å². The molecule has 1 aromatic carbocycles. The topological polar surface area (TPSA) is 61.7 Å². The molecule has 1 heterocycles. The van der Waals surface area contributed by atoms with E-state index in [1.165, 1.54) is 29.1 Å². The smallest absolute Gasteiger partial charge is 0.271 e. The van der Waals surface area contributed by atoms with Crippen LogP contribution in [0.1, 0.15) is 20.1 Å². The molecular formula is C13H12N2O2S. The Morgan fingerprint density at radius 1 is 1.28 bits per heavy atom. The van der Waals surface area contributed by atoms with Crippen molar-refractivity contribution in [3.8, 4) is 5.75 Å². The molecule has 0 radical (unpaired) electrons. The summed E-state index contributed by atoms with van der Waals surface area (Å²) in [6, 6.07) is 9.93. The highest BCUT2D eigenvalue weighted by atomic mass is 32.1. The van der Waals surface area contributed by atoms with Crippen LogP contribution in [-0.2, 0) is 0 Å². The van der Waals surface area contributed by atoms with E-state index in [0.717, 1.165) is 4.88 Å². The van der Waals surface area contributed by atoms with Gasteiger partial charge in [-0.05, 0) is 43.3 Å². The molecule has 0 saturated heterocycles. The van der Waals surface area contributed by atoms with Crippen molar-refractivity contribution in [3.05, 3.63) is 51.7 Å². The van der Waals surface area contributed by atoms with Crippen LogP contribution in [0.2, 0.25) is 0 Å². The molecule has 0 fully saturated rings. The molecule has 5 heteroatoms. The summed E-state index contributed by atoms with van der Waals surface area (Å²) >= 11 is 1.60. The molecule has 2 rings (SSSR count). The molecule has 0 saturated carbocycles. The summed E-state index contributed by atoms with van der Waals surface area (Å²) in [5, 5.41) is 13.0. The average molecular weight is 260 g/mol.